The molecule has 6 heteroatoms. The van der Waals surface area contributed by atoms with Crippen molar-refractivity contribution in [2.45, 2.75) is 58.7 Å². The van der Waals surface area contributed by atoms with E-state index >= 15 is 0 Å². The van der Waals surface area contributed by atoms with Gasteiger partial charge in [0.15, 0.2) is 5.69 Å². The van der Waals surface area contributed by atoms with Crippen LogP contribution in [-0.4, -0.2) is 29.7 Å². The van der Waals surface area contributed by atoms with Gasteiger partial charge in [0.25, 0.3) is 0 Å². The molecule has 1 aromatic rings. The summed E-state index contributed by atoms with van der Waals surface area (Å²) in [6.45, 7) is 8.73. The molecule has 0 spiro atoms. The summed E-state index contributed by atoms with van der Waals surface area (Å²) < 4.78 is 5.25. The number of amides is 1. The highest BCUT2D eigenvalue weighted by molar-refractivity contribution is 5.86. The second-order valence-electron chi connectivity index (χ2n) is 7.05. The third-order valence-corrected chi connectivity index (χ3v) is 3.98. The summed E-state index contributed by atoms with van der Waals surface area (Å²) in [5, 5.41) is 11.2. The van der Waals surface area contributed by atoms with Crippen LogP contribution in [-0.2, 0) is 16.0 Å². The molecule has 6 nitrogen and oxygen atoms in total. The fraction of sp³-hybridized carbons (Fsp3) is 0.529. The van der Waals surface area contributed by atoms with Crippen LogP contribution in [0.15, 0.2) is 24.3 Å². The Morgan fingerprint density at radius 2 is 1.96 bits per heavy atom. The summed E-state index contributed by atoms with van der Waals surface area (Å²) in [6, 6.07) is 6.32. The van der Waals surface area contributed by atoms with Crippen molar-refractivity contribution in [3.63, 3.8) is 0 Å². The largest absolute Gasteiger partial charge is 0.548 e. The van der Waals surface area contributed by atoms with E-state index in [4.69, 9.17) is 4.74 Å². The molecule has 1 aliphatic rings. The fourth-order valence-corrected chi connectivity index (χ4v) is 2.94. The summed E-state index contributed by atoms with van der Waals surface area (Å²) in [7, 11) is 0. The fourth-order valence-electron chi connectivity index (χ4n) is 2.94. The maximum absolute atomic E-state index is 13.0. The van der Waals surface area contributed by atoms with E-state index in [0.29, 0.717) is 6.42 Å². The van der Waals surface area contributed by atoms with Gasteiger partial charge in [-0.1, -0.05) is 18.2 Å². The molecule has 0 saturated carbocycles. The molecule has 23 heavy (non-hydrogen) atoms. The number of carbonyl (C=O) groups is 2. The van der Waals surface area contributed by atoms with Gasteiger partial charge in [0.1, 0.15) is 11.6 Å². The van der Waals surface area contributed by atoms with E-state index in [1.54, 1.807) is 20.8 Å². The number of quaternary nitrogens is 1. The highest BCUT2D eigenvalue weighted by Gasteiger charge is 2.54. The van der Waals surface area contributed by atoms with Crippen molar-refractivity contribution >= 4 is 17.7 Å². The first-order valence-electron chi connectivity index (χ1n) is 7.77. The minimum absolute atomic E-state index is 0.191. The first-order chi connectivity index (χ1) is 10.6. The number of hydrogen-bond donors (Lipinski definition) is 1. The SMILES string of the molecule is CC(N[N+]1(C(=O)OC(C)(C)C)c2ccccc2C[C@H]1C)C(=O)[O-]. The molecule has 1 aromatic carbocycles. The van der Waals surface area contributed by atoms with Gasteiger partial charge in [0.05, 0.1) is 12.0 Å². The third-order valence-electron chi connectivity index (χ3n) is 3.98. The summed E-state index contributed by atoms with van der Waals surface area (Å²) in [5.74, 6) is -1.26. The molecule has 0 aliphatic carbocycles. The molecule has 1 N–H and O–H groups in total. The predicted octanol–water partition coefficient (Wildman–Crippen LogP) is 1.52. The highest BCUT2D eigenvalue weighted by atomic mass is 16.6. The minimum Gasteiger partial charge on any atom is -0.548 e. The monoisotopic (exact) mass is 320 g/mol. The number of rotatable bonds is 3. The molecule has 1 heterocycles. The number of ether oxygens (including phenoxy) is 1. The van der Waals surface area contributed by atoms with E-state index in [9.17, 15) is 14.7 Å². The second kappa shape index (κ2) is 5.94. The van der Waals surface area contributed by atoms with Crippen LogP contribution in [0, 0.1) is 0 Å². The lowest BCUT2D eigenvalue weighted by Gasteiger charge is -2.38. The highest BCUT2D eigenvalue weighted by Crippen LogP contribution is 2.39. The van der Waals surface area contributed by atoms with Gasteiger partial charge >= 0.3 is 6.09 Å². The van der Waals surface area contributed by atoms with Crippen molar-refractivity contribution in [1.29, 1.82) is 0 Å². The lowest BCUT2D eigenvalue weighted by atomic mass is 10.1. The Labute approximate surface area is 136 Å². The maximum Gasteiger partial charge on any atom is 0.542 e. The van der Waals surface area contributed by atoms with E-state index in [1.165, 1.54) is 6.92 Å². The Hall–Kier alpha value is -1.92. The average molecular weight is 320 g/mol. The molecular weight excluding hydrogens is 296 g/mol. The molecule has 0 fully saturated rings. The van der Waals surface area contributed by atoms with Crippen LogP contribution < -0.4 is 15.1 Å². The smallest absolute Gasteiger partial charge is 0.542 e. The molecule has 0 bridgehead atoms. The van der Waals surface area contributed by atoms with Crippen molar-refractivity contribution in [3.8, 4) is 0 Å². The number of aliphatic carboxylic acids is 1. The standard InChI is InChI=1S/C17H24N2O4/c1-11-10-13-8-6-7-9-14(13)19(11,18-12(2)15(20)21)16(22)23-17(3,4)5/h6-9,11-12,18H,10H2,1-5H3/t11-,12?,19?/m1/s1. The Morgan fingerprint density at radius 1 is 1.35 bits per heavy atom. The minimum atomic E-state index is -1.26. The van der Waals surface area contributed by atoms with Gasteiger partial charge < -0.3 is 14.6 Å². The number of nitrogens with one attached hydrogen (secondary N) is 1. The van der Waals surface area contributed by atoms with Gasteiger partial charge in [-0.2, -0.15) is 4.79 Å². The first-order valence-corrected chi connectivity index (χ1v) is 7.77. The Morgan fingerprint density at radius 3 is 2.52 bits per heavy atom. The number of hydrogen-bond acceptors (Lipinski definition) is 5. The van der Waals surface area contributed by atoms with Crippen LogP contribution in [0.3, 0.4) is 0 Å². The number of para-hydroxylation sites is 1. The zero-order valence-corrected chi connectivity index (χ0v) is 14.3. The van der Waals surface area contributed by atoms with Gasteiger partial charge in [-0.05, 0) is 34.6 Å². The number of carboxylic acids is 1. The van der Waals surface area contributed by atoms with Gasteiger partial charge in [0.2, 0.25) is 0 Å². The zero-order valence-electron chi connectivity index (χ0n) is 14.3. The van der Waals surface area contributed by atoms with Crippen molar-refractivity contribution in [1.82, 2.24) is 10.0 Å². The average Bonchev–Trinajstić information content (AvgIpc) is 2.70. The molecule has 126 valence electrons. The number of fused-ring (bicyclic) bond motifs is 1. The molecule has 2 unspecified atom stereocenters. The lowest BCUT2D eigenvalue weighted by molar-refractivity contribution is -0.308. The Kier molecular flexibility index (Phi) is 4.50. The molecule has 0 radical (unpaired) electrons. The van der Waals surface area contributed by atoms with Crippen LogP contribution in [0.4, 0.5) is 10.5 Å². The van der Waals surface area contributed by atoms with Crippen LogP contribution in [0.25, 0.3) is 0 Å². The van der Waals surface area contributed by atoms with E-state index in [0.717, 1.165) is 11.3 Å². The van der Waals surface area contributed by atoms with E-state index in [-0.39, 0.29) is 10.6 Å². The summed E-state index contributed by atoms with van der Waals surface area (Å²) >= 11 is 0. The third kappa shape index (κ3) is 3.23. The maximum atomic E-state index is 13.0. The summed E-state index contributed by atoms with van der Waals surface area (Å²) in [5.41, 5.74) is 3.97. The summed E-state index contributed by atoms with van der Waals surface area (Å²) in [6.07, 6.45) is 0.144. The summed E-state index contributed by atoms with van der Waals surface area (Å²) in [4.78, 5) is 24.2. The predicted molar refractivity (Wildman–Crippen MR) is 85.2 cm³/mol. The van der Waals surface area contributed by atoms with Crippen LogP contribution in [0.5, 0.6) is 0 Å². The lowest BCUT2D eigenvalue weighted by Crippen LogP contribution is -2.71. The van der Waals surface area contributed by atoms with Gasteiger partial charge in [-0.25, -0.2) is 0 Å². The van der Waals surface area contributed by atoms with E-state index in [1.807, 2.05) is 31.2 Å². The molecule has 0 saturated heterocycles. The van der Waals surface area contributed by atoms with Crippen molar-refractivity contribution in [2.75, 3.05) is 0 Å². The topological polar surface area (TPSA) is 78.5 Å². The zero-order chi connectivity index (χ0) is 17.4. The molecular formula is C17H24N2O4. The Balaban J connectivity index is 2.52. The van der Waals surface area contributed by atoms with Crippen molar-refractivity contribution in [2.24, 2.45) is 0 Å². The van der Waals surface area contributed by atoms with Gasteiger partial charge in [-0.3, -0.25) is 0 Å². The van der Waals surface area contributed by atoms with Crippen molar-refractivity contribution < 1.29 is 19.4 Å². The number of carbonyl (C=O) groups excluding carboxylic acids is 2. The Bertz CT molecular complexity index is 623. The number of carboxylic acid groups (broad SMARTS) is 1. The quantitative estimate of drug-likeness (QED) is 0.854. The van der Waals surface area contributed by atoms with Crippen LogP contribution in [0.2, 0.25) is 0 Å². The number of nitrogens with zero attached hydrogens (tertiary/aromatic N) is 1. The van der Waals surface area contributed by atoms with Gasteiger partial charge in [-0.15, -0.1) is 10.0 Å². The van der Waals surface area contributed by atoms with E-state index in [2.05, 4.69) is 5.43 Å². The van der Waals surface area contributed by atoms with E-state index < -0.39 is 23.7 Å². The molecule has 1 aliphatic heterocycles. The van der Waals surface area contributed by atoms with Gasteiger partial charge in [0, 0.05) is 18.1 Å². The molecule has 3 atom stereocenters. The van der Waals surface area contributed by atoms with Crippen molar-refractivity contribution in [3.05, 3.63) is 29.8 Å². The first kappa shape index (κ1) is 17.4. The molecule has 1 amide bonds. The van der Waals surface area contributed by atoms with Crippen LogP contribution >= 0.6 is 0 Å². The normalized spacial score (nSPS) is 24.8. The van der Waals surface area contributed by atoms with Crippen LogP contribution in [0.1, 0.15) is 40.2 Å². The second-order valence-corrected chi connectivity index (χ2v) is 7.05. The number of benzene rings is 1. The molecule has 0 aromatic heterocycles. The molecule has 2 rings (SSSR count).